The highest BCUT2D eigenvalue weighted by molar-refractivity contribution is 6.00. The number of morpholine rings is 1. The first-order valence-corrected chi connectivity index (χ1v) is 7.44. The lowest BCUT2D eigenvalue weighted by molar-refractivity contribution is 0.0301. The Bertz CT molecular complexity index is 912. The quantitative estimate of drug-likeness (QED) is 0.640. The van der Waals surface area contributed by atoms with Crippen LogP contribution in [-0.2, 0) is 4.74 Å². The summed E-state index contributed by atoms with van der Waals surface area (Å²) in [4.78, 5) is 31.1. The lowest BCUT2D eigenvalue weighted by Crippen LogP contribution is -2.42. The number of hydrogen-bond acceptors (Lipinski definition) is 5. The molecule has 1 amide bonds. The van der Waals surface area contributed by atoms with Gasteiger partial charge in [-0.05, 0) is 24.3 Å². The van der Waals surface area contributed by atoms with Crippen molar-refractivity contribution in [3.63, 3.8) is 0 Å². The predicted octanol–water partition coefficient (Wildman–Crippen LogP) is 1.77. The van der Waals surface area contributed by atoms with Gasteiger partial charge >= 0.3 is 0 Å². The van der Waals surface area contributed by atoms with E-state index in [4.69, 9.17) is 9.15 Å². The maximum Gasteiger partial charge on any atom is 0.261 e. The van der Waals surface area contributed by atoms with Gasteiger partial charge in [-0.1, -0.05) is 12.1 Å². The summed E-state index contributed by atoms with van der Waals surface area (Å²) in [5, 5.41) is 0. The molecule has 6 nitrogen and oxygen atoms in total. The molecule has 0 atom stereocenters. The number of hydrogen-bond donors (Lipinski definition) is 0. The van der Waals surface area contributed by atoms with Crippen LogP contribution in [0.2, 0.25) is 0 Å². The molecule has 1 aromatic carbocycles. The van der Waals surface area contributed by atoms with E-state index in [1.54, 1.807) is 17.0 Å². The van der Waals surface area contributed by atoms with Gasteiger partial charge in [0.15, 0.2) is 16.8 Å². The largest absolute Gasteiger partial charge is 0.452 e. The van der Waals surface area contributed by atoms with E-state index in [9.17, 15) is 9.59 Å². The molecule has 2 aliphatic heterocycles. The van der Waals surface area contributed by atoms with Gasteiger partial charge in [0.2, 0.25) is 0 Å². The van der Waals surface area contributed by atoms with E-state index < -0.39 is 0 Å². The van der Waals surface area contributed by atoms with Crippen molar-refractivity contribution in [3.8, 4) is 11.5 Å². The molecule has 116 valence electrons. The van der Waals surface area contributed by atoms with Gasteiger partial charge in [0.1, 0.15) is 16.8 Å². The minimum atomic E-state index is -0.352. The van der Waals surface area contributed by atoms with Crippen molar-refractivity contribution in [2.45, 2.75) is 0 Å². The zero-order chi connectivity index (χ0) is 15.8. The summed E-state index contributed by atoms with van der Waals surface area (Å²) in [7, 11) is 0. The Hall–Kier alpha value is -2.73. The summed E-state index contributed by atoms with van der Waals surface area (Å²) in [6, 6.07) is 10.2. The summed E-state index contributed by atoms with van der Waals surface area (Å²) in [5.41, 5.74) is 1.42. The average molecular weight is 310 g/mol. The van der Waals surface area contributed by atoms with Crippen molar-refractivity contribution >= 4 is 17.0 Å². The van der Waals surface area contributed by atoms with Crippen molar-refractivity contribution in [2.75, 3.05) is 26.3 Å². The maximum atomic E-state index is 12.8. The van der Waals surface area contributed by atoms with E-state index in [1.165, 1.54) is 6.07 Å². The minimum absolute atomic E-state index is 0.0441. The molecule has 23 heavy (non-hydrogen) atoms. The molecular formula is C17H14N2O4. The molecule has 0 bridgehead atoms. The monoisotopic (exact) mass is 310 g/mol. The molecule has 6 heteroatoms. The third kappa shape index (κ3) is 2.37. The first-order valence-electron chi connectivity index (χ1n) is 7.44. The second kappa shape index (κ2) is 5.48. The first-order chi connectivity index (χ1) is 11.2. The van der Waals surface area contributed by atoms with Gasteiger partial charge in [-0.25, -0.2) is 4.98 Å². The van der Waals surface area contributed by atoms with Gasteiger partial charge in [-0.3, -0.25) is 9.59 Å². The molecule has 0 saturated carbocycles. The Kier molecular flexibility index (Phi) is 3.31. The van der Waals surface area contributed by atoms with E-state index >= 15 is 0 Å². The third-order valence-corrected chi connectivity index (χ3v) is 3.93. The number of aromatic nitrogens is 1. The van der Waals surface area contributed by atoms with E-state index in [2.05, 4.69) is 4.98 Å². The first kappa shape index (κ1) is 13.9. The van der Waals surface area contributed by atoms with Crippen LogP contribution in [0.25, 0.3) is 22.6 Å². The van der Waals surface area contributed by atoms with Crippen LogP contribution in [0.15, 0.2) is 45.6 Å². The van der Waals surface area contributed by atoms with E-state index in [0.717, 1.165) is 0 Å². The van der Waals surface area contributed by atoms with Gasteiger partial charge < -0.3 is 14.1 Å². The van der Waals surface area contributed by atoms with Crippen molar-refractivity contribution in [1.29, 1.82) is 0 Å². The van der Waals surface area contributed by atoms with Crippen LogP contribution in [-0.4, -0.2) is 42.1 Å². The van der Waals surface area contributed by atoms with Crippen molar-refractivity contribution < 1.29 is 13.9 Å². The molecule has 0 spiro atoms. The smallest absolute Gasteiger partial charge is 0.261 e. The number of fused-ring (bicyclic) bond motifs is 2. The van der Waals surface area contributed by atoms with E-state index in [1.807, 2.05) is 18.2 Å². The normalized spacial score (nSPS) is 15.2. The van der Waals surface area contributed by atoms with Crippen LogP contribution in [0, 0.1) is 0 Å². The summed E-state index contributed by atoms with van der Waals surface area (Å²) >= 11 is 0. The third-order valence-electron chi connectivity index (χ3n) is 3.93. The van der Waals surface area contributed by atoms with Gasteiger partial charge in [0, 0.05) is 13.1 Å². The number of nitrogens with zero attached hydrogens (tertiary/aromatic N) is 2. The highest BCUT2D eigenvalue weighted by Gasteiger charge is 2.27. The highest BCUT2D eigenvalue weighted by Crippen LogP contribution is 2.27. The van der Waals surface area contributed by atoms with E-state index in [0.29, 0.717) is 43.1 Å². The molecule has 2 heterocycles. The van der Waals surface area contributed by atoms with Crippen LogP contribution in [0.3, 0.4) is 0 Å². The van der Waals surface area contributed by atoms with Crippen LogP contribution in [0.5, 0.6) is 0 Å². The molecule has 0 aromatic heterocycles. The standard InChI is InChI=1S/C17H14N2O4/c20-13-6-5-12-16(23-14-4-2-1-3-11(14)18-12)15(13)17(21)19-7-9-22-10-8-19/h1-6H,7-10H2. The molecule has 1 saturated heterocycles. The van der Waals surface area contributed by atoms with Gasteiger partial charge in [-0.15, -0.1) is 0 Å². The van der Waals surface area contributed by atoms with Crippen LogP contribution >= 0.6 is 0 Å². The molecule has 1 fully saturated rings. The zero-order valence-electron chi connectivity index (χ0n) is 12.3. The number of ether oxygens (including phenoxy) is 1. The van der Waals surface area contributed by atoms with Crippen molar-refractivity contribution in [1.82, 2.24) is 9.88 Å². The number of rotatable bonds is 1. The topological polar surface area (TPSA) is 72.6 Å². The maximum absolute atomic E-state index is 12.8. The van der Waals surface area contributed by atoms with Gasteiger partial charge in [0.05, 0.1) is 13.2 Å². The molecule has 0 radical (unpaired) electrons. The van der Waals surface area contributed by atoms with Gasteiger partial charge in [-0.2, -0.15) is 0 Å². The molecule has 4 rings (SSSR count). The molecule has 1 aromatic rings. The zero-order valence-corrected chi connectivity index (χ0v) is 12.3. The second-order valence-corrected chi connectivity index (χ2v) is 5.37. The van der Waals surface area contributed by atoms with Gasteiger partial charge in [0.25, 0.3) is 5.91 Å². The number of carbonyl (C=O) groups is 1. The van der Waals surface area contributed by atoms with Crippen LogP contribution in [0.4, 0.5) is 0 Å². The molecular weight excluding hydrogens is 296 g/mol. The Labute approximate surface area is 131 Å². The summed E-state index contributed by atoms with van der Waals surface area (Å²) < 4.78 is 11.1. The fraction of sp³-hybridized carbons (Fsp3) is 0.235. The molecule has 0 N–H and O–H groups in total. The van der Waals surface area contributed by atoms with E-state index in [-0.39, 0.29) is 22.7 Å². The fourth-order valence-corrected chi connectivity index (χ4v) is 2.75. The summed E-state index contributed by atoms with van der Waals surface area (Å²) in [5.74, 6) is -0.0857. The second-order valence-electron chi connectivity index (χ2n) is 5.37. The Morgan fingerprint density at radius 3 is 2.70 bits per heavy atom. The number of carbonyl (C=O) groups excluding carboxylic acids is 1. The number of para-hydroxylation sites is 2. The Balaban J connectivity index is 1.91. The van der Waals surface area contributed by atoms with Crippen molar-refractivity contribution in [2.24, 2.45) is 0 Å². The molecule has 1 aliphatic carbocycles. The Morgan fingerprint density at radius 1 is 1.09 bits per heavy atom. The lowest BCUT2D eigenvalue weighted by atomic mass is 10.1. The average Bonchev–Trinajstić information content (AvgIpc) is 2.60. The summed E-state index contributed by atoms with van der Waals surface area (Å²) in [6.45, 7) is 1.89. The summed E-state index contributed by atoms with van der Waals surface area (Å²) in [6.07, 6.45) is 0. The van der Waals surface area contributed by atoms with Crippen LogP contribution in [0.1, 0.15) is 10.4 Å². The fourth-order valence-electron chi connectivity index (χ4n) is 2.75. The minimum Gasteiger partial charge on any atom is -0.452 e. The SMILES string of the molecule is O=C(c1c2oc3ccccc3nc-2ccc1=O)N1CCOCC1. The number of benzene rings is 2. The van der Waals surface area contributed by atoms with Crippen LogP contribution < -0.4 is 5.43 Å². The highest BCUT2D eigenvalue weighted by atomic mass is 16.5. The molecule has 3 aliphatic rings. The molecule has 0 unspecified atom stereocenters. The Morgan fingerprint density at radius 2 is 1.87 bits per heavy atom. The van der Waals surface area contributed by atoms with Crippen molar-refractivity contribution in [3.05, 3.63) is 52.2 Å². The predicted molar refractivity (Wildman–Crippen MR) is 83.6 cm³/mol. The lowest BCUT2D eigenvalue weighted by Gasteiger charge is -2.27. The number of amides is 1.